The number of nitro groups is 1. The minimum atomic E-state index is -0.789. The molecule has 2 N–H and O–H groups in total. The SMILES string of the molecule is O=C(N/N=C\c1cc(Br)cc([N+](=O)[O-])c1O)c1ccccc1F. The van der Waals surface area contributed by atoms with Crippen molar-refractivity contribution >= 4 is 33.7 Å². The predicted molar refractivity (Wildman–Crippen MR) is 83.9 cm³/mol. The molecule has 9 heteroatoms. The molecule has 0 heterocycles. The van der Waals surface area contributed by atoms with Crippen LogP contribution >= 0.6 is 15.9 Å². The van der Waals surface area contributed by atoms with Gasteiger partial charge < -0.3 is 5.11 Å². The summed E-state index contributed by atoms with van der Waals surface area (Å²) in [6.07, 6.45) is 1.02. The lowest BCUT2D eigenvalue weighted by molar-refractivity contribution is -0.385. The Kier molecular flexibility index (Phi) is 5.02. The maximum atomic E-state index is 13.4. The average molecular weight is 382 g/mol. The molecule has 0 aliphatic heterocycles. The third-order valence-corrected chi connectivity index (χ3v) is 3.23. The van der Waals surface area contributed by atoms with Gasteiger partial charge in [-0.1, -0.05) is 28.1 Å². The summed E-state index contributed by atoms with van der Waals surface area (Å²) in [5, 5.41) is 24.1. The molecule has 0 radical (unpaired) electrons. The minimum Gasteiger partial charge on any atom is -0.502 e. The van der Waals surface area contributed by atoms with Crippen molar-refractivity contribution in [1.82, 2.24) is 5.43 Å². The van der Waals surface area contributed by atoms with Gasteiger partial charge in [0.05, 0.1) is 16.7 Å². The number of carbonyl (C=O) groups excluding carboxylic acids is 1. The molecule has 0 aromatic heterocycles. The van der Waals surface area contributed by atoms with Crippen LogP contribution in [-0.4, -0.2) is 22.2 Å². The molecule has 0 unspecified atom stereocenters. The zero-order chi connectivity index (χ0) is 17.0. The number of aromatic hydroxyl groups is 1. The van der Waals surface area contributed by atoms with Gasteiger partial charge in [-0.05, 0) is 18.2 Å². The van der Waals surface area contributed by atoms with Crippen LogP contribution in [0.4, 0.5) is 10.1 Å². The third-order valence-electron chi connectivity index (χ3n) is 2.77. The maximum absolute atomic E-state index is 13.4. The van der Waals surface area contributed by atoms with E-state index >= 15 is 0 Å². The number of rotatable bonds is 4. The minimum absolute atomic E-state index is 0.0138. The topological polar surface area (TPSA) is 105 Å². The molecule has 0 aliphatic rings. The van der Waals surface area contributed by atoms with Gasteiger partial charge in [0, 0.05) is 16.1 Å². The molecular weight excluding hydrogens is 373 g/mol. The number of amides is 1. The summed E-state index contributed by atoms with van der Waals surface area (Å²) in [5.74, 6) is -2.09. The second kappa shape index (κ2) is 6.97. The van der Waals surface area contributed by atoms with Crippen LogP contribution in [-0.2, 0) is 0 Å². The molecular formula is C14H9BrFN3O4. The Morgan fingerprint density at radius 1 is 1.39 bits per heavy atom. The molecule has 0 atom stereocenters. The number of nitrogens with zero attached hydrogens (tertiary/aromatic N) is 2. The highest BCUT2D eigenvalue weighted by molar-refractivity contribution is 9.10. The highest BCUT2D eigenvalue weighted by Gasteiger charge is 2.17. The Balaban J connectivity index is 2.20. The summed E-state index contributed by atoms with van der Waals surface area (Å²) < 4.78 is 13.8. The van der Waals surface area contributed by atoms with E-state index in [2.05, 4.69) is 26.5 Å². The first kappa shape index (κ1) is 16.6. The molecule has 0 bridgehead atoms. The van der Waals surface area contributed by atoms with Crippen molar-refractivity contribution in [3.05, 3.63) is 67.9 Å². The first-order valence-corrected chi connectivity index (χ1v) is 6.94. The largest absolute Gasteiger partial charge is 0.502 e. The molecule has 1 amide bonds. The van der Waals surface area contributed by atoms with Crippen LogP contribution in [0.2, 0.25) is 0 Å². The van der Waals surface area contributed by atoms with Gasteiger partial charge >= 0.3 is 5.69 Å². The Labute approximate surface area is 137 Å². The molecule has 2 aromatic carbocycles. The summed E-state index contributed by atoms with van der Waals surface area (Å²) in [4.78, 5) is 21.8. The Morgan fingerprint density at radius 3 is 2.74 bits per heavy atom. The Bertz CT molecular complexity index is 811. The standard InChI is InChI=1S/C14H9BrFN3O4/c15-9-5-8(13(20)12(6-9)19(22)23)7-17-18-14(21)10-3-1-2-4-11(10)16/h1-7,20H,(H,18,21)/b17-7-. The van der Waals surface area contributed by atoms with Gasteiger partial charge in [-0.15, -0.1) is 0 Å². The first-order chi connectivity index (χ1) is 10.9. The van der Waals surface area contributed by atoms with Gasteiger partial charge in [-0.3, -0.25) is 14.9 Å². The van der Waals surface area contributed by atoms with Crippen molar-refractivity contribution in [3.8, 4) is 5.75 Å². The van der Waals surface area contributed by atoms with Crippen LogP contribution in [0.5, 0.6) is 5.75 Å². The first-order valence-electron chi connectivity index (χ1n) is 6.15. The number of halogens is 2. The summed E-state index contributed by atoms with van der Waals surface area (Å²) in [5.41, 5.74) is 1.38. The molecule has 0 saturated heterocycles. The van der Waals surface area contributed by atoms with E-state index in [1.54, 1.807) is 0 Å². The smallest absolute Gasteiger partial charge is 0.312 e. The van der Waals surface area contributed by atoms with Crippen molar-refractivity contribution in [2.24, 2.45) is 5.10 Å². The Morgan fingerprint density at radius 2 is 2.09 bits per heavy atom. The van der Waals surface area contributed by atoms with Gasteiger partial charge in [0.1, 0.15) is 5.82 Å². The van der Waals surface area contributed by atoms with E-state index in [-0.39, 0.29) is 11.1 Å². The molecule has 23 heavy (non-hydrogen) atoms. The second-order valence-corrected chi connectivity index (χ2v) is 5.21. The molecule has 0 fully saturated rings. The highest BCUT2D eigenvalue weighted by Crippen LogP contribution is 2.32. The lowest BCUT2D eigenvalue weighted by atomic mass is 10.2. The summed E-state index contributed by atoms with van der Waals surface area (Å²) in [7, 11) is 0. The predicted octanol–water partition coefficient (Wildman–Crippen LogP) is 2.97. The van der Waals surface area contributed by atoms with E-state index in [9.17, 15) is 24.4 Å². The fourth-order valence-electron chi connectivity index (χ4n) is 1.71. The van der Waals surface area contributed by atoms with E-state index in [0.29, 0.717) is 4.47 Å². The van der Waals surface area contributed by atoms with E-state index in [1.165, 1.54) is 24.3 Å². The number of benzene rings is 2. The van der Waals surface area contributed by atoms with E-state index < -0.39 is 28.1 Å². The monoisotopic (exact) mass is 381 g/mol. The molecule has 7 nitrogen and oxygen atoms in total. The number of hydrogen-bond acceptors (Lipinski definition) is 5. The van der Waals surface area contributed by atoms with Crippen LogP contribution in [0.1, 0.15) is 15.9 Å². The maximum Gasteiger partial charge on any atom is 0.312 e. The molecule has 2 rings (SSSR count). The number of phenols is 1. The number of hydrazone groups is 1. The third kappa shape index (κ3) is 3.89. The molecule has 118 valence electrons. The van der Waals surface area contributed by atoms with Crippen molar-refractivity contribution in [1.29, 1.82) is 0 Å². The summed E-state index contributed by atoms with van der Waals surface area (Å²) >= 11 is 3.07. The fourth-order valence-corrected chi connectivity index (χ4v) is 2.17. The van der Waals surface area contributed by atoms with Gasteiger partial charge in [-0.2, -0.15) is 5.10 Å². The van der Waals surface area contributed by atoms with Gasteiger partial charge in [0.2, 0.25) is 5.75 Å². The van der Waals surface area contributed by atoms with Gasteiger partial charge in [0.15, 0.2) is 0 Å². The zero-order valence-electron chi connectivity index (χ0n) is 11.4. The van der Waals surface area contributed by atoms with Crippen LogP contribution in [0.25, 0.3) is 0 Å². The normalized spacial score (nSPS) is 10.7. The zero-order valence-corrected chi connectivity index (χ0v) is 12.9. The van der Waals surface area contributed by atoms with E-state index in [4.69, 9.17) is 0 Å². The molecule has 0 aliphatic carbocycles. The van der Waals surface area contributed by atoms with E-state index in [0.717, 1.165) is 18.3 Å². The van der Waals surface area contributed by atoms with Crippen LogP contribution in [0, 0.1) is 15.9 Å². The van der Waals surface area contributed by atoms with Gasteiger partial charge in [-0.25, -0.2) is 9.82 Å². The van der Waals surface area contributed by atoms with Crippen molar-refractivity contribution in [2.45, 2.75) is 0 Å². The number of nitrogens with one attached hydrogen (secondary N) is 1. The van der Waals surface area contributed by atoms with E-state index in [1.807, 2.05) is 0 Å². The second-order valence-electron chi connectivity index (χ2n) is 4.30. The van der Waals surface area contributed by atoms with Crippen LogP contribution in [0.15, 0.2) is 46.0 Å². The summed E-state index contributed by atoms with van der Waals surface area (Å²) in [6.45, 7) is 0. The lowest BCUT2D eigenvalue weighted by Gasteiger charge is -2.03. The molecule has 2 aromatic rings. The summed E-state index contributed by atoms with van der Waals surface area (Å²) in [6, 6.07) is 7.84. The fraction of sp³-hybridized carbons (Fsp3) is 0. The number of carbonyl (C=O) groups is 1. The lowest BCUT2D eigenvalue weighted by Crippen LogP contribution is -2.18. The number of nitro benzene ring substituents is 1. The molecule has 0 spiro atoms. The van der Waals surface area contributed by atoms with Crippen molar-refractivity contribution in [2.75, 3.05) is 0 Å². The Hall–Kier alpha value is -2.81. The quantitative estimate of drug-likeness (QED) is 0.482. The number of phenolic OH excluding ortho intramolecular Hbond substituents is 1. The average Bonchev–Trinajstić information content (AvgIpc) is 2.50. The van der Waals surface area contributed by atoms with Crippen LogP contribution in [0.3, 0.4) is 0 Å². The van der Waals surface area contributed by atoms with Crippen LogP contribution < -0.4 is 5.43 Å². The molecule has 0 saturated carbocycles. The number of hydrogen-bond donors (Lipinski definition) is 2. The van der Waals surface area contributed by atoms with Crippen molar-refractivity contribution < 1.29 is 19.2 Å². The van der Waals surface area contributed by atoms with Gasteiger partial charge in [0.25, 0.3) is 5.91 Å². The highest BCUT2D eigenvalue weighted by atomic mass is 79.9. The van der Waals surface area contributed by atoms with Crippen molar-refractivity contribution in [3.63, 3.8) is 0 Å².